The van der Waals surface area contributed by atoms with Gasteiger partial charge in [-0.25, -0.2) is 4.79 Å². The van der Waals surface area contributed by atoms with Crippen LogP contribution in [0.5, 0.6) is 17.2 Å². The molecule has 15 atom stereocenters. The topological polar surface area (TPSA) is 304 Å². The molecule has 3 heterocycles. The fourth-order valence-electron chi connectivity index (χ4n) is 6.08. The molecule has 2 aromatic carbocycles. The third-order valence-electron chi connectivity index (χ3n) is 9.26. The smallest absolute Gasteiger partial charge is 0.331 e. The summed E-state index contributed by atoms with van der Waals surface area (Å²) in [5.74, 6) is -1.74. The van der Waals surface area contributed by atoms with Crippen molar-refractivity contribution in [1.29, 1.82) is 0 Å². The maximum absolute atomic E-state index is 13.3. The van der Waals surface area contributed by atoms with Crippen molar-refractivity contribution >= 4 is 12.0 Å². The van der Waals surface area contributed by atoms with Crippen LogP contribution in [0.2, 0.25) is 0 Å². The van der Waals surface area contributed by atoms with E-state index < -0.39 is 111 Å². The molecular formula is C35H46O19. The van der Waals surface area contributed by atoms with Gasteiger partial charge in [0.15, 0.2) is 36.5 Å². The standard InChI is InChI=1S/C35H46O19/c1-15-24(41)26(43)29(46)35(50-15)54-32-30(47)34(48-11-10-17-4-8-19(38)20(39)12-17)52-22(14-49-33-28(45)27(44)25(42)21(13-36)51-33)31(32)53-23(40)9-5-16-2-6-18(37)7-3-16/h2-9,12,15,21-22,24-39,41-47H,10-11,13-14H2,1H3/b9-5-/t15-,21+,22+,24-,25+,26+,27-,28+,29+,30+,31+,32+,33+,34+,35-/m0/s1. The molecule has 11 N–H and O–H groups in total. The van der Waals surface area contributed by atoms with Gasteiger partial charge in [-0.05, 0) is 54.8 Å². The molecule has 0 aromatic heterocycles. The molecule has 3 saturated heterocycles. The maximum atomic E-state index is 13.3. The lowest BCUT2D eigenvalue weighted by molar-refractivity contribution is -0.364. The zero-order chi connectivity index (χ0) is 39.3. The molecule has 54 heavy (non-hydrogen) atoms. The first-order valence-corrected chi connectivity index (χ1v) is 17.1. The minimum absolute atomic E-state index is 0.0117. The van der Waals surface area contributed by atoms with Crippen LogP contribution < -0.4 is 0 Å². The molecule has 300 valence electrons. The Hall–Kier alpha value is -3.51. The van der Waals surface area contributed by atoms with Crippen LogP contribution in [0.4, 0.5) is 0 Å². The number of aromatic hydroxyl groups is 3. The number of esters is 1. The average molecular weight is 771 g/mol. The van der Waals surface area contributed by atoms with Crippen LogP contribution in [-0.2, 0) is 44.4 Å². The highest BCUT2D eigenvalue weighted by atomic mass is 16.8. The summed E-state index contributed by atoms with van der Waals surface area (Å²) < 4.78 is 40.3. The van der Waals surface area contributed by atoms with Gasteiger partial charge >= 0.3 is 5.97 Å². The maximum Gasteiger partial charge on any atom is 0.331 e. The van der Waals surface area contributed by atoms with Crippen LogP contribution in [-0.4, -0.2) is 174 Å². The van der Waals surface area contributed by atoms with Gasteiger partial charge < -0.3 is 89.3 Å². The molecule has 0 unspecified atom stereocenters. The number of carbonyl (C=O) groups excluding carboxylic acids is 1. The number of aliphatic hydroxyl groups excluding tert-OH is 8. The highest BCUT2D eigenvalue weighted by Gasteiger charge is 2.53. The van der Waals surface area contributed by atoms with Crippen molar-refractivity contribution in [3.8, 4) is 17.2 Å². The zero-order valence-electron chi connectivity index (χ0n) is 28.9. The second-order valence-corrected chi connectivity index (χ2v) is 13.1. The monoisotopic (exact) mass is 770 g/mol. The number of phenols is 3. The Kier molecular flexibility index (Phi) is 14.2. The van der Waals surface area contributed by atoms with Crippen LogP contribution in [0.3, 0.4) is 0 Å². The molecule has 0 bridgehead atoms. The predicted octanol–water partition coefficient (Wildman–Crippen LogP) is -2.90. The van der Waals surface area contributed by atoms with E-state index in [4.69, 9.17) is 33.2 Å². The molecule has 3 aliphatic rings. The molecule has 2 aromatic rings. The van der Waals surface area contributed by atoms with Crippen LogP contribution in [0.1, 0.15) is 18.1 Å². The number of ether oxygens (including phenoxy) is 7. The van der Waals surface area contributed by atoms with E-state index in [-0.39, 0.29) is 30.3 Å². The third kappa shape index (κ3) is 9.83. The first kappa shape index (κ1) is 41.6. The lowest BCUT2D eigenvalue weighted by Crippen LogP contribution is -2.65. The minimum Gasteiger partial charge on any atom is -0.508 e. The largest absolute Gasteiger partial charge is 0.508 e. The Labute approximate surface area is 308 Å². The SMILES string of the molecule is C[C@@H]1O[C@@H](O[C@@H]2[C@@H](O)[C@H](OCCc3ccc(O)c(O)c3)O[C@H](CO[C@@H]3O[C@H](CO)[C@@H](O)[C@H](O)[C@H]3O)[C@H]2OC(=O)/C=C\c2ccc(O)cc2)[C@H](O)[C@H](O)[C@H]1O. The predicted molar refractivity (Wildman–Crippen MR) is 178 cm³/mol. The molecular weight excluding hydrogens is 724 g/mol. The molecule has 0 saturated carbocycles. The summed E-state index contributed by atoms with van der Waals surface area (Å²) in [6.45, 7) is -0.167. The van der Waals surface area contributed by atoms with Gasteiger partial charge in [0.2, 0.25) is 0 Å². The van der Waals surface area contributed by atoms with Crippen LogP contribution in [0.15, 0.2) is 48.5 Å². The Morgan fingerprint density at radius 1 is 0.704 bits per heavy atom. The second-order valence-electron chi connectivity index (χ2n) is 13.1. The molecule has 19 heteroatoms. The van der Waals surface area contributed by atoms with Gasteiger partial charge in [0.25, 0.3) is 0 Å². The van der Waals surface area contributed by atoms with Crippen LogP contribution >= 0.6 is 0 Å². The van der Waals surface area contributed by atoms with Crippen molar-refractivity contribution in [3.63, 3.8) is 0 Å². The summed E-state index contributed by atoms with van der Waals surface area (Å²) in [6.07, 6.45) is -21.9. The molecule has 0 amide bonds. The number of rotatable bonds is 13. The number of hydrogen-bond donors (Lipinski definition) is 11. The Bertz CT molecular complexity index is 1540. The highest BCUT2D eigenvalue weighted by Crippen LogP contribution is 2.33. The minimum atomic E-state index is -1.86. The number of aliphatic hydroxyl groups is 8. The Morgan fingerprint density at radius 2 is 1.35 bits per heavy atom. The van der Waals surface area contributed by atoms with E-state index in [1.165, 1.54) is 55.5 Å². The Balaban J connectivity index is 1.43. The molecule has 0 aliphatic carbocycles. The molecule has 0 spiro atoms. The van der Waals surface area contributed by atoms with Crippen molar-refractivity contribution < 1.29 is 94.1 Å². The zero-order valence-corrected chi connectivity index (χ0v) is 28.9. The summed E-state index contributed by atoms with van der Waals surface area (Å²) in [5.41, 5.74) is 1.02. The summed E-state index contributed by atoms with van der Waals surface area (Å²) in [7, 11) is 0. The van der Waals surface area contributed by atoms with Crippen LogP contribution in [0.25, 0.3) is 6.08 Å². The van der Waals surface area contributed by atoms with Crippen molar-refractivity contribution in [2.75, 3.05) is 19.8 Å². The number of hydrogen-bond acceptors (Lipinski definition) is 19. The highest BCUT2D eigenvalue weighted by molar-refractivity contribution is 5.87. The van der Waals surface area contributed by atoms with E-state index in [9.17, 15) is 61.0 Å². The summed E-state index contributed by atoms with van der Waals surface area (Å²) in [5, 5.41) is 113. The summed E-state index contributed by atoms with van der Waals surface area (Å²) >= 11 is 0. The third-order valence-corrected chi connectivity index (χ3v) is 9.26. The van der Waals surface area contributed by atoms with Gasteiger partial charge in [-0.2, -0.15) is 0 Å². The van der Waals surface area contributed by atoms with Gasteiger partial charge in [-0.15, -0.1) is 0 Å². The summed E-state index contributed by atoms with van der Waals surface area (Å²) in [4.78, 5) is 13.3. The van der Waals surface area contributed by atoms with Crippen molar-refractivity contribution in [3.05, 3.63) is 59.7 Å². The van der Waals surface area contributed by atoms with Gasteiger partial charge in [-0.1, -0.05) is 18.2 Å². The van der Waals surface area contributed by atoms with E-state index in [1.54, 1.807) is 0 Å². The van der Waals surface area contributed by atoms with Crippen LogP contribution in [0, 0.1) is 0 Å². The van der Waals surface area contributed by atoms with Gasteiger partial charge in [0, 0.05) is 6.08 Å². The van der Waals surface area contributed by atoms with E-state index in [0.29, 0.717) is 11.1 Å². The van der Waals surface area contributed by atoms with E-state index in [0.717, 1.165) is 6.08 Å². The summed E-state index contributed by atoms with van der Waals surface area (Å²) in [6, 6.07) is 9.88. The molecule has 5 rings (SSSR count). The van der Waals surface area contributed by atoms with Gasteiger partial charge in [-0.3, -0.25) is 0 Å². The van der Waals surface area contributed by atoms with E-state index in [1.807, 2.05) is 0 Å². The van der Waals surface area contributed by atoms with Gasteiger partial charge in [0.1, 0.15) is 66.8 Å². The first-order chi connectivity index (χ1) is 25.7. The van der Waals surface area contributed by atoms with Crippen molar-refractivity contribution in [2.45, 2.75) is 105 Å². The average Bonchev–Trinajstić information content (AvgIpc) is 3.15. The van der Waals surface area contributed by atoms with E-state index in [2.05, 4.69) is 0 Å². The number of carbonyl (C=O) groups is 1. The molecule has 3 fully saturated rings. The molecule has 0 radical (unpaired) electrons. The van der Waals surface area contributed by atoms with Crippen molar-refractivity contribution in [1.82, 2.24) is 0 Å². The Morgan fingerprint density at radius 3 is 2.04 bits per heavy atom. The fourth-order valence-corrected chi connectivity index (χ4v) is 6.08. The quantitative estimate of drug-likeness (QED) is 0.0553. The van der Waals surface area contributed by atoms with E-state index >= 15 is 0 Å². The molecule has 3 aliphatic heterocycles. The lowest BCUT2D eigenvalue weighted by atomic mass is 9.96. The molecule has 19 nitrogen and oxygen atoms in total. The lowest BCUT2D eigenvalue weighted by Gasteiger charge is -2.47. The van der Waals surface area contributed by atoms with Gasteiger partial charge in [0.05, 0.1) is 25.9 Å². The fraction of sp³-hybridized carbons (Fsp3) is 0.571. The first-order valence-electron chi connectivity index (χ1n) is 17.1. The number of phenolic OH excluding ortho intramolecular Hbond substituents is 3. The van der Waals surface area contributed by atoms with Crippen molar-refractivity contribution in [2.24, 2.45) is 0 Å². The number of benzene rings is 2. The second kappa shape index (κ2) is 18.4. The normalized spacial score (nSPS) is 37.3.